The van der Waals surface area contributed by atoms with Crippen LogP contribution in [-0.2, 0) is 13.0 Å². The van der Waals surface area contributed by atoms with Gasteiger partial charge in [0.05, 0.1) is 32.2 Å². The smallest absolute Gasteiger partial charge is 0.164 e. The van der Waals surface area contributed by atoms with Gasteiger partial charge in [0.25, 0.3) is 0 Å². The van der Waals surface area contributed by atoms with Crippen molar-refractivity contribution in [1.82, 2.24) is 15.1 Å². The van der Waals surface area contributed by atoms with E-state index in [0.717, 1.165) is 47.9 Å². The molecule has 1 aromatic heterocycles. The molecular weight excluding hydrogens is 354 g/mol. The first kappa shape index (κ1) is 18.4. The van der Waals surface area contributed by atoms with E-state index in [1.807, 2.05) is 53.3 Å². The fourth-order valence-electron chi connectivity index (χ4n) is 3.23. The number of para-hydroxylation sites is 1. The van der Waals surface area contributed by atoms with Crippen LogP contribution in [0, 0.1) is 0 Å². The number of hydrogen-bond donors (Lipinski definition) is 1. The van der Waals surface area contributed by atoms with Crippen LogP contribution >= 0.6 is 0 Å². The van der Waals surface area contributed by atoms with Crippen LogP contribution in [-0.4, -0.2) is 36.6 Å². The molecule has 1 N–H and O–H groups in total. The number of aromatic nitrogens is 2. The Bertz CT molecular complexity index is 909. The minimum atomic E-state index is 0.671. The maximum atomic E-state index is 5.79. The minimum Gasteiger partial charge on any atom is -0.496 e. The molecule has 0 spiro atoms. The van der Waals surface area contributed by atoms with Crippen molar-refractivity contribution >= 4 is 0 Å². The summed E-state index contributed by atoms with van der Waals surface area (Å²) in [6, 6.07) is 14.1. The van der Waals surface area contributed by atoms with Crippen LogP contribution in [0.4, 0.5) is 0 Å². The van der Waals surface area contributed by atoms with Crippen molar-refractivity contribution in [1.29, 1.82) is 0 Å². The van der Waals surface area contributed by atoms with Gasteiger partial charge in [-0.25, -0.2) is 4.68 Å². The first-order valence-electron chi connectivity index (χ1n) is 9.59. The molecule has 0 atom stereocenters. The van der Waals surface area contributed by atoms with Crippen LogP contribution in [0.15, 0.2) is 54.9 Å². The van der Waals surface area contributed by atoms with Gasteiger partial charge in [-0.05, 0) is 36.7 Å². The van der Waals surface area contributed by atoms with Gasteiger partial charge < -0.3 is 19.5 Å². The fourth-order valence-corrected chi connectivity index (χ4v) is 3.23. The first-order valence-corrected chi connectivity index (χ1v) is 9.59. The maximum absolute atomic E-state index is 5.79. The molecule has 2 heterocycles. The number of nitrogens with one attached hydrogen (secondary N) is 1. The van der Waals surface area contributed by atoms with Crippen molar-refractivity contribution in [3.05, 3.63) is 66.0 Å². The highest BCUT2D eigenvalue weighted by molar-refractivity contribution is 5.51. The third-order valence-electron chi connectivity index (χ3n) is 4.71. The molecule has 0 amide bonds. The zero-order valence-electron chi connectivity index (χ0n) is 16.1. The molecule has 0 fully saturated rings. The van der Waals surface area contributed by atoms with Gasteiger partial charge in [0, 0.05) is 30.8 Å². The van der Waals surface area contributed by atoms with E-state index in [1.54, 1.807) is 7.11 Å². The second-order valence-corrected chi connectivity index (χ2v) is 6.72. The SMILES string of the molecule is COc1cc2c(cc1CNCCc1cnn(-c3ccccc3)c1)OCCCO2. The average Bonchev–Trinajstić information content (AvgIpc) is 3.09. The molecule has 0 radical (unpaired) electrons. The summed E-state index contributed by atoms with van der Waals surface area (Å²) < 4.78 is 19.0. The van der Waals surface area contributed by atoms with Gasteiger partial charge in [0.1, 0.15) is 5.75 Å². The van der Waals surface area contributed by atoms with E-state index in [9.17, 15) is 0 Å². The lowest BCUT2D eigenvalue weighted by Crippen LogP contribution is -2.17. The number of methoxy groups -OCH3 is 1. The van der Waals surface area contributed by atoms with Crippen molar-refractivity contribution in [3.63, 3.8) is 0 Å². The fraction of sp³-hybridized carbons (Fsp3) is 0.318. The second kappa shape index (κ2) is 8.80. The third-order valence-corrected chi connectivity index (χ3v) is 4.71. The minimum absolute atomic E-state index is 0.671. The van der Waals surface area contributed by atoms with Gasteiger partial charge in [-0.3, -0.25) is 0 Å². The summed E-state index contributed by atoms with van der Waals surface area (Å²) in [6.45, 7) is 2.90. The number of hydrogen-bond acceptors (Lipinski definition) is 5. The van der Waals surface area contributed by atoms with E-state index >= 15 is 0 Å². The highest BCUT2D eigenvalue weighted by atomic mass is 16.5. The molecule has 0 aliphatic carbocycles. The number of ether oxygens (including phenoxy) is 3. The highest BCUT2D eigenvalue weighted by Crippen LogP contribution is 2.36. The average molecular weight is 379 g/mol. The van der Waals surface area contributed by atoms with Crippen molar-refractivity contribution in [2.24, 2.45) is 0 Å². The molecule has 0 saturated carbocycles. The molecule has 6 nitrogen and oxygen atoms in total. The Morgan fingerprint density at radius 3 is 2.68 bits per heavy atom. The zero-order chi connectivity index (χ0) is 19.2. The van der Waals surface area contributed by atoms with E-state index in [0.29, 0.717) is 19.8 Å². The van der Waals surface area contributed by atoms with E-state index < -0.39 is 0 Å². The summed E-state index contributed by atoms with van der Waals surface area (Å²) in [6.07, 6.45) is 5.79. The Balaban J connectivity index is 1.34. The van der Waals surface area contributed by atoms with Gasteiger partial charge >= 0.3 is 0 Å². The second-order valence-electron chi connectivity index (χ2n) is 6.72. The predicted octanol–water partition coefficient (Wildman–Crippen LogP) is 3.37. The molecule has 1 aliphatic heterocycles. The van der Waals surface area contributed by atoms with Crippen LogP contribution in [0.25, 0.3) is 5.69 Å². The van der Waals surface area contributed by atoms with Crippen molar-refractivity contribution in [3.8, 4) is 22.9 Å². The molecule has 4 rings (SSSR count). The Morgan fingerprint density at radius 2 is 1.89 bits per heavy atom. The van der Waals surface area contributed by atoms with Crippen molar-refractivity contribution in [2.45, 2.75) is 19.4 Å². The van der Waals surface area contributed by atoms with Crippen LogP contribution in [0.5, 0.6) is 17.2 Å². The standard InChI is InChI=1S/C22H25N3O3/c1-26-20-13-22-21(27-10-5-11-28-22)12-18(20)15-23-9-8-17-14-24-25(16-17)19-6-3-2-4-7-19/h2-4,6-7,12-14,16,23H,5,8-11,15H2,1H3. The van der Waals surface area contributed by atoms with Crippen LogP contribution in [0.1, 0.15) is 17.5 Å². The summed E-state index contributed by atoms with van der Waals surface area (Å²) in [7, 11) is 1.68. The highest BCUT2D eigenvalue weighted by Gasteiger charge is 2.15. The molecule has 6 heteroatoms. The van der Waals surface area contributed by atoms with Gasteiger partial charge in [0.2, 0.25) is 0 Å². The van der Waals surface area contributed by atoms with Crippen LogP contribution in [0.3, 0.4) is 0 Å². The normalized spacial score (nSPS) is 13.2. The largest absolute Gasteiger partial charge is 0.496 e. The van der Waals surface area contributed by atoms with Gasteiger partial charge in [-0.2, -0.15) is 5.10 Å². The number of benzene rings is 2. The van der Waals surface area contributed by atoms with E-state index in [1.165, 1.54) is 5.56 Å². The first-order chi connectivity index (χ1) is 13.8. The van der Waals surface area contributed by atoms with E-state index in [4.69, 9.17) is 14.2 Å². The summed E-state index contributed by atoms with van der Waals surface area (Å²) in [5, 5.41) is 7.93. The maximum Gasteiger partial charge on any atom is 0.164 e. The Hall–Kier alpha value is -2.99. The summed E-state index contributed by atoms with van der Waals surface area (Å²) in [5.41, 5.74) is 3.33. The Morgan fingerprint density at radius 1 is 1.11 bits per heavy atom. The number of rotatable bonds is 7. The van der Waals surface area contributed by atoms with Gasteiger partial charge in [0.15, 0.2) is 11.5 Å². The zero-order valence-corrected chi connectivity index (χ0v) is 16.1. The lowest BCUT2D eigenvalue weighted by molar-refractivity contribution is 0.296. The number of fused-ring (bicyclic) bond motifs is 1. The third kappa shape index (κ3) is 4.28. The molecule has 1 aliphatic rings. The predicted molar refractivity (Wildman–Crippen MR) is 108 cm³/mol. The molecule has 146 valence electrons. The lowest BCUT2D eigenvalue weighted by Gasteiger charge is -2.14. The quantitative estimate of drug-likeness (QED) is 0.638. The van der Waals surface area contributed by atoms with Crippen molar-refractivity contribution < 1.29 is 14.2 Å². The topological polar surface area (TPSA) is 57.5 Å². The number of nitrogens with zero attached hydrogens (tertiary/aromatic N) is 2. The molecule has 28 heavy (non-hydrogen) atoms. The van der Waals surface area contributed by atoms with Gasteiger partial charge in [-0.15, -0.1) is 0 Å². The van der Waals surface area contributed by atoms with Crippen LogP contribution in [0.2, 0.25) is 0 Å². The molecular formula is C22H25N3O3. The summed E-state index contributed by atoms with van der Waals surface area (Å²) in [4.78, 5) is 0. The Labute approximate surface area is 165 Å². The Kier molecular flexibility index (Phi) is 5.77. The monoisotopic (exact) mass is 379 g/mol. The van der Waals surface area contributed by atoms with E-state index in [-0.39, 0.29) is 0 Å². The van der Waals surface area contributed by atoms with E-state index in [2.05, 4.69) is 16.6 Å². The molecule has 3 aromatic rings. The summed E-state index contributed by atoms with van der Waals surface area (Å²) in [5.74, 6) is 2.36. The van der Waals surface area contributed by atoms with Gasteiger partial charge in [-0.1, -0.05) is 18.2 Å². The summed E-state index contributed by atoms with van der Waals surface area (Å²) >= 11 is 0. The lowest BCUT2D eigenvalue weighted by atomic mass is 10.1. The molecule has 0 saturated heterocycles. The van der Waals surface area contributed by atoms with Crippen molar-refractivity contribution in [2.75, 3.05) is 26.9 Å². The molecule has 2 aromatic carbocycles. The molecule has 0 unspecified atom stereocenters. The molecule has 0 bridgehead atoms. The van der Waals surface area contributed by atoms with Crippen LogP contribution < -0.4 is 19.5 Å².